The Morgan fingerprint density at radius 3 is 1.25 bits per heavy atom. The summed E-state index contributed by atoms with van der Waals surface area (Å²) in [5, 5.41) is 0. The molecule has 0 atom stereocenters. The molecular formula is C14H14OZn. The second kappa shape index (κ2) is 8.07. The SMILES string of the molecule is [O]=[Zn].c1ccc(CCc2ccccc2)cc1. The summed E-state index contributed by atoms with van der Waals surface area (Å²) < 4.78 is 8.38. The van der Waals surface area contributed by atoms with E-state index in [0.717, 1.165) is 12.8 Å². The summed E-state index contributed by atoms with van der Waals surface area (Å²) in [7, 11) is 0. The van der Waals surface area contributed by atoms with Gasteiger partial charge >= 0.3 is 21.8 Å². The van der Waals surface area contributed by atoms with Crippen molar-refractivity contribution in [3.05, 3.63) is 71.8 Å². The van der Waals surface area contributed by atoms with Crippen LogP contribution in [0.1, 0.15) is 11.1 Å². The van der Waals surface area contributed by atoms with E-state index in [4.69, 9.17) is 3.57 Å². The third kappa shape index (κ3) is 4.59. The summed E-state index contributed by atoms with van der Waals surface area (Å²) in [5.41, 5.74) is 2.83. The number of aryl methyl sites for hydroxylation is 2. The van der Waals surface area contributed by atoms with Crippen LogP contribution in [0, 0.1) is 0 Å². The fourth-order valence-electron chi connectivity index (χ4n) is 1.58. The molecular weight excluding hydrogens is 250 g/mol. The van der Waals surface area contributed by atoms with Crippen molar-refractivity contribution in [2.24, 2.45) is 0 Å². The van der Waals surface area contributed by atoms with Gasteiger partial charge in [0.25, 0.3) is 0 Å². The molecule has 0 aliphatic heterocycles. The van der Waals surface area contributed by atoms with Crippen LogP contribution in [-0.2, 0) is 34.7 Å². The summed E-state index contributed by atoms with van der Waals surface area (Å²) in [5.74, 6) is 0. The second-order valence-electron chi connectivity index (χ2n) is 3.47. The van der Waals surface area contributed by atoms with Gasteiger partial charge in [-0.15, -0.1) is 0 Å². The van der Waals surface area contributed by atoms with Crippen LogP contribution in [-0.4, -0.2) is 0 Å². The fraction of sp³-hybridized carbons (Fsp3) is 0.143. The Morgan fingerprint density at radius 2 is 0.938 bits per heavy atom. The van der Waals surface area contributed by atoms with Gasteiger partial charge in [-0.05, 0) is 24.0 Å². The first-order valence-corrected chi connectivity index (χ1v) is 6.53. The maximum Gasteiger partial charge on any atom is -0.0238 e. The summed E-state index contributed by atoms with van der Waals surface area (Å²) in [6.45, 7) is 0. The molecule has 0 bridgehead atoms. The first-order valence-electron chi connectivity index (χ1n) is 5.32. The van der Waals surface area contributed by atoms with Crippen molar-refractivity contribution in [3.63, 3.8) is 0 Å². The minimum atomic E-state index is 0.125. The zero-order valence-electron chi connectivity index (χ0n) is 9.30. The van der Waals surface area contributed by atoms with Crippen molar-refractivity contribution in [2.75, 3.05) is 0 Å². The number of rotatable bonds is 3. The smallest absolute Gasteiger partial charge is 0.0238 e. The minimum Gasteiger partial charge on any atom is -0.0622 e. The van der Waals surface area contributed by atoms with Gasteiger partial charge in [0.05, 0.1) is 0 Å². The molecule has 2 aromatic carbocycles. The van der Waals surface area contributed by atoms with E-state index < -0.39 is 0 Å². The van der Waals surface area contributed by atoms with Crippen LogP contribution in [0.2, 0.25) is 0 Å². The molecule has 2 aromatic rings. The van der Waals surface area contributed by atoms with Crippen LogP contribution in [0.5, 0.6) is 0 Å². The van der Waals surface area contributed by atoms with Crippen molar-refractivity contribution in [1.29, 1.82) is 0 Å². The topological polar surface area (TPSA) is 17.1 Å². The average molecular weight is 264 g/mol. The molecule has 0 aliphatic carbocycles. The van der Waals surface area contributed by atoms with Gasteiger partial charge in [0, 0.05) is 0 Å². The predicted octanol–water partition coefficient (Wildman–Crippen LogP) is 3.35. The standard InChI is InChI=1S/C14H14.O.Zn/c1-3-7-13(8-4-1)11-12-14-9-5-2-6-10-14;;/h1-10H,11-12H2;;. The minimum absolute atomic E-state index is 0.125. The molecule has 2 rings (SSSR count). The molecule has 0 N–H and O–H groups in total. The summed E-state index contributed by atoms with van der Waals surface area (Å²) in [6, 6.07) is 21.2. The van der Waals surface area contributed by atoms with E-state index in [9.17, 15) is 0 Å². The van der Waals surface area contributed by atoms with Crippen LogP contribution in [0.25, 0.3) is 0 Å². The van der Waals surface area contributed by atoms with Gasteiger partial charge in [-0.1, -0.05) is 60.7 Å². The third-order valence-electron chi connectivity index (χ3n) is 2.39. The van der Waals surface area contributed by atoms with Crippen LogP contribution in [0.3, 0.4) is 0 Å². The number of hydrogen-bond donors (Lipinski definition) is 0. The summed E-state index contributed by atoms with van der Waals surface area (Å²) in [6.07, 6.45) is 2.26. The first kappa shape index (κ1) is 12.9. The zero-order valence-corrected chi connectivity index (χ0v) is 12.3. The number of hydrogen-bond acceptors (Lipinski definition) is 1. The Hall–Kier alpha value is -1.14. The average Bonchev–Trinajstić information content (AvgIpc) is 2.41. The normalized spacial score (nSPS) is 9.12. The molecule has 0 amide bonds. The quantitative estimate of drug-likeness (QED) is 0.776. The van der Waals surface area contributed by atoms with E-state index in [1.807, 2.05) is 0 Å². The van der Waals surface area contributed by atoms with Crippen LogP contribution < -0.4 is 0 Å². The van der Waals surface area contributed by atoms with Gasteiger partial charge in [0.15, 0.2) is 0 Å². The Labute approximate surface area is 106 Å². The van der Waals surface area contributed by atoms with Gasteiger partial charge in [-0.3, -0.25) is 0 Å². The van der Waals surface area contributed by atoms with Gasteiger partial charge in [0.2, 0.25) is 0 Å². The van der Waals surface area contributed by atoms with Crippen molar-refractivity contribution >= 4 is 0 Å². The van der Waals surface area contributed by atoms with E-state index in [1.165, 1.54) is 11.1 Å². The molecule has 78 valence electrons. The molecule has 0 saturated carbocycles. The molecule has 0 spiro atoms. The predicted molar refractivity (Wildman–Crippen MR) is 61.0 cm³/mol. The molecule has 0 saturated heterocycles. The van der Waals surface area contributed by atoms with E-state index in [-0.39, 0.29) is 18.3 Å². The van der Waals surface area contributed by atoms with E-state index in [1.54, 1.807) is 0 Å². The second-order valence-corrected chi connectivity index (χ2v) is 3.47. The Morgan fingerprint density at radius 1 is 0.625 bits per heavy atom. The number of benzene rings is 2. The van der Waals surface area contributed by atoms with E-state index in [0.29, 0.717) is 0 Å². The van der Waals surface area contributed by atoms with Crippen LogP contribution in [0.15, 0.2) is 60.7 Å². The van der Waals surface area contributed by atoms with E-state index >= 15 is 0 Å². The Kier molecular flexibility index (Phi) is 6.52. The Balaban J connectivity index is 0.000000606. The largest absolute Gasteiger partial charge is 0.0622 e. The van der Waals surface area contributed by atoms with Crippen molar-refractivity contribution in [3.8, 4) is 0 Å². The molecule has 0 aromatic heterocycles. The van der Waals surface area contributed by atoms with Gasteiger partial charge in [0.1, 0.15) is 0 Å². The van der Waals surface area contributed by atoms with Crippen LogP contribution >= 0.6 is 0 Å². The van der Waals surface area contributed by atoms with Crippen LogP contribution in [0.4, 0.5) is 0 Å². The zero-order chi connectivity index (χ0) is 11.6. The molecule has 16 heavy (non-hydrogen) atoms. The third-order valence-corrected chi connectivity index (χ3v) is 2.39. The molecule has 0 heterocycles. The summed E-state index contributed by atoms with van der Waals surface area (Å²) >= 11 is 0.125. The van der Waals surface area contributed by atoms with Gasteiger partial charge in [-0.2, -0.15) is 0 Å². The molecule has 1 nitrogen and oxygen atoms in total. The fourth-order valence-corrected chi connectivity index (χ4v) is 1.58. The molecule has 0 aliphatic rings. The van der Waals surface area contributed by atoms with Crippen molar-refractivity contribution in [1.82, 2.24) is 0 Å². The van der Waals surface area contributed by atoms with Gasteiger partial charge < -0.3 is 0 Å². The van der Waals surface area contributed by atoms with Crippen molar-refractivity contribution in [2.45, 2.75) is 12.8 Å². The summed E-state index contributed by atoms with van der Waals surface area (Å²) in [4.78, 5) is 0. The maximum atomic E-state index is 8.38. The van der Waals surface area contributed by atoms with Gasteiger partial charge in [-0.25, -0.2) is 0 Å². The Bertz CT molecular complexity index is 346. The first-order chi connectivity index (χ1) is 7.95. The molecule has 0 unspecified atom stereocenters. The molecule has 0 fully saturated rings. The monoisotopic (exact) mass is 262 g/mol. The van der Waals surface area contributed by atoms with Crippen molar-refractivity contribution < 1.29 is 21.8 Å². The van der Waals surface area contributed by atoms with E-state index in [2.05, 4.69) is 60.7 Å². The molecule has 2 heteroatoms. The molecule has 0 radical (unpaired) electrons. The maximum absolute atomic E-state index is 8.38.